The van der Waals surface area contributed by atoms with Crippen LogP contribution in [-0.2, 0) is 22.5 Å². The highest BCUT2D eigenvalue weighted by Crippen LogP contribution is 2.34. The van der Waals surface area contributed by atoms with Gasteiger partial charge in [-0.05, 0) is 29.9 Å². The molecule has 1 amide bonds. The number of carbonyl (C=O) groups is 2. The van der Waals surface area contributed by atoms with Crippen molar-refractivity contribution in [3.63, 3.8) is 0 Å². The number of aromatic hydroxyl groups is 1. The first kappa shape index (κ1) is 20.4. The monoisotopic (exact) mass is 423 g/mol. The zero-order chi connectivity index (χ0) is 22.3. The summed E-state index contributed by atoms with van der Waals surface area (Å²) < 4.78 is 6.27. The van der Waals surface area contributed by atoms with Crippen LogP contribution in [0, 0.1) is 0 Å². The average molecular weight is 423 g/mol. The molecule has 160 valence electrons. The van der Waals surface area contributed by atoms with Crippen LogP contribution in [0.2, 0.25) is 0 Å². The summed E-state index contributed by atoms with van der Waals surface area (Å²) in [5.74, 6) is -3.42. The molecule has 0 aliphatic carbocycles. The summed E-state index contributed by atoms with van der Waals surface area (Å²) in [6.45, 7) is 0.494. The minimum Gasteiger partial charge on any atom is -0.506 e. The maximum Gasteiger partial charge on any atom is 0.343 e. The van der Waals surface area contributed by atoms with E-state index in [0.717, 1.165) is 42.6 Å². The summed E-state index contributed by atoms with van der Waals surface area (Å²) in [5.41, 5.74) is 5.78. The summed E-state index contributed by atoms with van der Waals surface area (Å²) in [6, 6.07) is 7.32. The molecule has 9 nitrogen and oxygen atoms in total. The minimum atomic E-state index is -1.14. The second-order valence-corrected chi connectivity index (χ2v) is 7.52. The second kappa shape index (κ2) is 7.75. The van der Waals surface area contributed by atoms with E-state index in [9.17, 15) is 24.3 Å². The van der Waals surface area contributed by atoms with Gasteiger partial charge in [0.05, 0.1) is 18.2 Å². The number of H-pyrrole nitrogens is 1. The van der Waals surface area contributed by atoms with Crippen LogP contribution in [0.4, 0.5) is 0 Å². The van der Waals surface area contributed by atoms with E-state index in [1.54, 1.807) is 10.6 Å². The molecule has 1 atom stereocenters. The minimum absolute atomic E-state index is 0.146. The maximum absolute atomic E-state index is 13.4. The van der Waals surface area contributed by atoms with Crippen LogP contribution in [0.15, 0.2) is 40.1 Å². The topological polar surface area (TPSA) is 144 Å². The molecule has 0 radical (unpaired) electrons. The van der Waals surface area contributed by atoms with Crippen molar-refractivity contribution in [3.8, 4) is 5.75 Å². The van der Waals surface area contributed by atoms with Gasteiger partial charge in [-0.3, -0.25) is 14.4 Å². The molecule has 1 unspecified atom stereocenters. The number of para-hydroxylation sites is 1. The molecule has 1 aliphatic heterocycles. The number of nitrogens with one attached hydrogen (secondary N) is 1. The van der Waals surface area contributed by atoms with Gasteiger partial charge >= 0.3 is 5.97 Å². The Morgan fingerprint density at radius 2 is 2.10 bits per heavy atom. The number of esters is 1. The first-order chi connectivity index (χ1) is 14.8. The summed E-state index contributed by atoms with van der Waals surface area (Å²) in [4.78, 5) is 52.3. The number of nitrogens with zero attached hydrogens (tertiary/aromatic N) is 1. The molecule has 9 heteroatoms. The molecule has 0 bridgehead atoms. The highest BCUT2D eigenvalue weighted by atomic mass is 16.5. The third kappa shape index (κ3) is 3.37. The first-order valence-electron chi connectivity index (χ1n) is 9.80. The summed E-state index contributed by atoms with van der Waals surface area (Å²) in [5, 5.41) is 11.5. The van der Waals surface area contributed by atoms with Gasteiger partial charge in [-0.2, -0.15) is 0 Å². The van der Waals surface area contributed by atoms with Crippen LogP contribution in [0.3, 0.4) is 0 Å². The Morgan fingerprint density at radius 1 is 1.32 bits per heavy atom. The predicted molar refractivity (Wildman–Crippen MR) is 112 cm³/mol. The van der Waals surface area contributed by atoms with Gasteiger partial charge in [0.1, 0.15) is 11.3 Å². The number of hydrogen-bond donors (Lipinski definition) is 3. The van der Waals surface area contributed by atoms with Crippen molar-refractivity contribution >= 4 is 22.8 Å². The second-order valence-electron chi connectivity index (χ2n) is 7.52. The number of methoxy groups -OCH3 is 1. The Hall–Kier alpha value is -3.88. The summed E-state index contributed by atoms with van der Waals surface area (Å²) in [7, 11) is 1.13. The van der Waals surface area contributed by atoms with Crippen molar-refractivity contribution in [2.75, 3.05) is 7.11 Å². The zero-order valence-corrected chi connectivity index (χ0v) is 16.8. The number of benzene rings is 1. The molecule has 0 saturated carbocycles. The van der Waals surface area contributed by atoms with E-state index >= 15 is 0 Å². The summed E-state index contributed by atoms with van der Waals surface area (Å²) >= 11 is 0. The number of nitrogens with two attached hydrogens (primary N) is 1. The van der Waals surface area contributed by atoms with Gasteiger partial charge in [-0.1, -0.05) is 18.2 Å². The largest absolute Gasteiger partial charge is 0.506 e. The van der Waals surface area contributed by atoms with Crippen LogP contribution < -0.4 is 16.9 Å². The Kier molecular flexibility index (Phi) is 5.10. The van der Waals surface area contributed by atoms with Crippen molar-refractivity contribution in [2.45, 2.75) is 31.7 Å². The molecule has 1 aromatic carbocycles. The van der Waals surface area contributed by atoms with Gasteiger partial charge in [-0.15, -0.1) is 0 Å². The zero-order valence-electron chi connectivity index (χ0n) is 16.8. The molecule has 3 aromatic rings. The standard InChI is InChI=1S/C22H21N3O6/c1-31-22(30)15-10-24-20(28)17(19(15)27)13(9-16(23)26)14-8-12-5-2-4-11-6-3-7-25(18(11)12)21(14)29/h2,4-5,8,10,13H,3,6-7,9H2,1H3,(H2,23,26)(H2,24,27,28). The Morgan fingerprint density at radius 3 is 2.81 bits per heavy atom. The third-order valence-corrected chi connectivity index (χ3v) is 5.69. The molecule has 31 heavy (non-hydrogen) atoms. The molecular weight excluding hydrogens is 402 g/mol. The molecule has 4 N–H and O–H groups in total. The number of aryl methyl sites for hydroxylation is 2. The number of aromatic amines is 1. The third-order valence-electron chi connectivity index (χ3n) is 5.69. The van der Waals surface area contributed by atoms with Gasteiger partial charge in [0, 0.05) is 30.6 Å². The normalized spacial score (nSPS) is 13.7. The number of ether oxygens (including phenoxy) is 1. The maximum atomic E-state index is 13.4. The quantitative estimate of drug-likeness (QED) is 0.525. The van der Waals surface area contributed by atoms with Crippen molar-refractivity contribution in [3.05, 3.63) is 73.4 Å². The Balaban J connectivity index is 2.03. The van der Waals surface area contributed by atoms with Crippen LogP contribution in [-0.4, -0.2) is 33.6 Å². The SMILES string of the molecule is COC(=O)c1c[nH]c(=O)c(C(CC(N)=O)c2cc3cccc4c3n(c2=O)CCC4)c1O. The molecule has 0 spiro atoms. The van der Waals surface area contributed by atoms with Crippen molar-refractivity contribution in [2.24, 2.45) is 5.73 Å². The van der Waals surface area contributed by atoms with Crippen LogP contribution in [0.1, 0.15) is 45.8 Å². The average Bonchev–Trinajstić information content (AvgIpc) is 2.75. The molecular formula is C22H21N3O6. The molecule has 1 aliphatic rings. The number of aromatic nitrogens is 2. The summed E-state index contributed by atoms with van der Waals surface area (Å²) in [6.07, 6.45) is 2.25. The fraction of sp³-hybridized carbons (Fsp3) is 0.273. The highest BCUT2D eigenvalue weighted by molar-refractivity contribution is 5.92. The van der Waals surface area contributed by atoms with Gasteiger partial charge < -0.3 is 25.1 Å². The van der Waals surface area contributed by atoms with Crippen molar-refractivity contribution in [1.29, 1.82) is 0 Å². The first-order valence-corrected chi connectivity index (χ1v) is 9.80. The lowest BCUT2D eigenvalue weighted by Gasteiger charge is -2.23. The lowest BCUT2D eigenvalue weighted by Crippen LogP contribution is -2.32. The lowest BCUT2D eigenvalue weighted by molar-refractivity contribution is -0.118. The van der Waals surface area contributed by atoms with Gasteiger partial charge in [-0.25, -0.2) is 4.79 Å². The molecule has 0 fully saturated rings. The molecule has 0 saturated heterocycles. The molecule has 2 aromatic heterocycles. The number of primary amides is 1. The fourth-order valence-electron chi connectivity index (χ4n) is 4.33. The molecule has 3 heterocycles. The predicted octanol–water partition coefficient (Wildman–Crippen LogP) is 1.14. The number of amides is 1. The number of carbonyl (C=O) groups excluding carboxylic acids is 2. The number of pyridine rings is 2. The van der Waals surface area contributed by atoms with Crippen LogP contribution in [0.5, 0.6) is 5.75 Å². The van der Waals surface area contributed by atoms with E-state index in [-0.39, 0.29) is 22.2 Å². The number of hydrogen-bond acceptors (Lipinski definition) is 6. The van der Waals surface area contributed by atoms with Gasteiger partial charge in [0.15, 0.2) is 0 Å². The van der Waals surface area contributed by atoms with E-state index in [1.807, 2.05) is 18.2 Å². The van der Waals surface area contributed by atoms with Crippen molar-refractivity contribution < 1.29 is 19.4 Å². The fourth-order valence-corrected chi connectivity index (χ4v) is 4.33. The number of rotatable bonds is 5. The van der Waals surface area contributed by atoms with E-state index in [0.29, 0.717) is 6.54 Å². The van der Waals surface area contributed by atoms with E-state index in [2.05, 4.69) is 9.72 Å². The van der Waals surface area contributed by atoms with Crippen LogP contribution in [0.25, 0.3) is 10.9 Å². The van der Waals surface area contributed by atoms with Gasteiger partial charge in [0.25, 0.3) is 11.1 Å². The Labute approximate surface area is 176 Å². The lowest BCUT2D eigenvalue weighted by atomic mass is 9.87. The van der Waals surface area contributed by atoms with Gasteiger partial charge in [0.2, 0.25) is 5.91 Å². The van der Waals surface area contributed by atoms with E-state index in [1.165, 1.54) is 0 Å². The highest BCUT2D eigenvalue weighted by Gasteiger charge is 2.30. The van der Waals surface area contributed by atoms with Crippen molar-refractivity contribution in [1.82, 2.24) is 9.55 Å². The smallest absolute Gasteiger partial charge is 0.343 e. The Bertz CT molecular complexity index is 1340. The van der Waals surface area contributed by atoms with E-state index < -0.39 is 35.5 Å². The van der Waals surface area contributed by atoms with Crippen LogP contribution >= 0.6 is 0 Å². The van der Waals surface area contributed by atoms with E-state index in [4.69, 9.17) is 5.73 Å². The molecule has 4 rings (SSSR count).